The molecule has 0 saturated carbocycles. The van der Waals surface area contributed by atoms with E-state index in [1.807, 2.05) is 0 Å². The van der Waals surface area contributed by atoms with E-state index in [-0.39, 0.29) is 22.1 Å². The number of methoxy groups -OCH3 is 6. The summed E-state index contributed by atoms with van der Waals surface area (Å²) in [6.45, 7) is 0. The molecule has 0 aliphatic carbocycles. The Morgan fingerprint density at radius 1 is 0.649 bits per heavy atom. The molecule has 0 atom stereocenters. The maximum absolute atomic E-state index is 14.9. The van der Waals surface area contributed by atoms with E-state index < -0.39 is 15.8 Å². The molecule has 0 bridgehead atoms. The van der Waals surface area contributed by atoms with Gasteiger partial charge >= 0.3 is 0 Å². The summed E-state index contributed by atoms with van der Waals surface area (Å²) in [5.41, 5.74) is 0.970. The van der Waals surface area contributed by atoms with Gasteiger partial charge in [0.25, 0.3) is 10.0 Å². The lowest BCUT2D eigenvalue weighted by Gasteiger charge is -2.15. The van der Waals surface area contributed by atoms with Gasteiger partial charge in [0.05, 0.1) is 53.2 Å². The first-order valence-corrected chi connectivity index (χ1v) is 12.3. The van der Waals surface area contributed by atoms with Crippen molar-refractivity contribution in [3.05, 3.63) is 59.4 Å². The maximum atomic E-state index is 14.9. The molecule has 0 saturated heterocycles. The van der Waals surface area contributed by atoms with E-state index in [9.17, 15) is 12.8 Å². The Morgan fingerprint density at radius 3 is 1.70 bits per heavy atom. The molecule has 0 spiro atoms. The quantitative estimate of drug-likeness (QED) is 0.349. The largest absolute Gasteiger partial charge is 0.493 e. The molecule has 0 radical (unpaired) electrons. The number of ether oxygens (including phenoxy) is 6. The summed E-state index contributed by atoms with van der Waals surface area (Å²) in [7, 11) is 4.45. The molecule has 0 unspecified atom stereocenters. The predicted octanol–water partition coefficient (Wildman–Crippen LogP) is 4.85. The number of nitrogens with one attached hydrogen (secondary N) is 1. The molecule has 0 aliphatic rings. The maximum Gasteiger partial charge on any atom is 0.262 e. The van der Waals surface area contributed by atoms with Gasteiger partial charge in [-0.3, -0.25) is 4.72 Å². The van der Waals surface area contributed by atoms with E-state index in [0.717, 1.165) is 0 Å². The molecule has 0 aliphatic heterocycles. The Bertz CT molecular complexity index is 1380. The second kappa shape index (κ2) is 11.7. The van der Waals surface area contributed by atoms with Crippen LogP contribution in [0.25, 0.3) is 12.2 Å². The Labute approximate surface area is 215 Å². The average molecular weight is 534 g/mol. The molecule has 0 aromatic heterocycles. The smallest absolute Gasteiger partial charge is 0.262 e. The van der Waals surface area contributed by atoms with Crippen LogP contribution in [-0.4, -0.2) is 51.1 Å². The zero-order valence-electron chi connectivity index (χ0n) is 21.2. The minimum Gasteiger partial charge on any atom is -0.493 e. The van der Waals surface area contributed by atoms with Crippen molar-refractivity contribution >= 4 is 27.9 Å². The fourth-order valence-corrected chi connectivity index (χ4v) is 4.64. The summed E-state index contributed by atoms with van der Waals surface area (Å²) in [5, 5.41) is 0. The van der Waals surface area contributed by atoms with Gasteiger partial charge in [0.2, 0.25) is 5.75 Å². The second-order valence-electron chi connectivity index (χ2n) is 7.50. The minimum absolute atomic E-state index is 0.0816. The van der Waals surface area contributed by atoms with Crippen LogP contribution in [0.15, 0.2) is 47.4 Å². The Morgan fingerprint density at radius 2 is 1.19 bits per heavy atom. The number of sulfonamides is 1. The van der Waals surface area contributed by atoms with Crippen LogP contribution in [0.5, 0.6) is 34.5 Å². The van der Waals surface area contributed by atoms with Crippen LogP contribution in [0, 0.1) is 5.82 Å². The van der Waals surface area contributed by atoms with E-state index in [1.165, 1.54) is 73.0 Å². The summed E-state index contributed by atoms with van der Waals surface area (Å²) < 4.78 is 75.0. The fraction of sp³-hybridized carbons (Fsp3) is 0.231. The van der Waals surface area contributed by atoms with Crippen molar-refractivity contribution in [1.29, 1.82) is 0 Å². The normalized spacial score (nSPS) is 11.2. The van der Waals surface area contributed by atoms with E-state index in [4.69, 9.17) is 28.4 Å². The molecule has 9 nitrogen and oxygen atoms in total. The van der Waals surface area contributed by atoms with Gasteiger partial charge < -0.3 is 28.4 Å². The monoisotopic (exact) mass is 533 g/mol. The van der Waals surface area contributed by atoms with Crippen LogP contribution >= 0.6 is 0 Å². The van der Waals surface area contributed by atoms with Crippen LogP contribution in [0.1, 0.15) is 11.1 Å². The minimum atomic E-state index is -4.13. The standard InChI is InChI=1S/C26H28FNO8S/c1-31-21-10-9-18(15-22(21)32-2)37(29,30)28-20-12-16(11-19(27)25(20)35-5)7-8-17-13-23(33-3)26(36-6)24(14-17)34-4/h7-15,28H,1-6H3. The van der Waals surface area contributed by atoms with Gasteiger partial charge in [-0.15, -0.1) is 0 Å². The fourth-order valence-electron chi connectivity index (χ4n) is 3.57. The third-order valence-electron chi connectivity index (χ3n) is 5.33. The summed E-state index contributed by atoms with van der Waals surface area (Å²) in [6.07, 6.45) is 3.30. The number of halogens is 1. The third-order valence-corrected chi connectivity index (χ3v) is 6.70. The summed E-state index contributed by atoms with van der Waals surface area (Å²) in [6, 6.07) is 10.2. The highest BCUT2D eigenvalue weighted by atomic mass is 32.2. The van der Waals surface area contributed by atoms with E-state index in [1.54, 1.807) is 24.3 Å². The van der Waals surface area contributed by atoms with Crippen LogP contribution in [-0.2, 0) is 10.0 Å². The summed E-state index contributed by atoms with van der Waals surface area (Å²) in [4.78, 5) is -0.106. The Kier molecular flexibility index (Phi) is 8.72. The molecule has 37 heavy (non-hydrogen) atoms. The lowest BCUT2D eigenvalue weighted by atomic mass is 10.1. The molecule has 3 rings (SSSR count). The second-order valence-corrected chi connectivity index (χ2v) is 9.18. The zero-order chi connectivity index (χ0) is 27.2. The first-order chi connectivity index (χ1) is 17.7. The first-order valence-electron chi connectivity index (χ1n) is 10.8. The average Bonchev–Trinajstić information content (AvgIpc) is 2.90. The van der Waals surface area contributed by atoms with E-state index >= 15 is 0 Å². The van der Waals surface area contributed by atoms with E-state index in [2.05, 4.69) is 4.72 Å². The van der Waals surface area contributed by atoms with Gasteiger partial charge in [0.15, 0.2) is 34.6 Å². The van der Waals surface area contributed by atoms with Crippen LogP contribution < -0.4 is 33.1 Å². The molecule has 3 aromatic carbocycles. The molecular weight excluding hydrogens is 505 g/mol. The summed E-state index contributed by atoms with van der Waals surface area (Å²) in [5.74, 6) is 0.921. The van der Waals surface area contributed by atoms with Crippen LogP contribution in [0.4, 0.5) is 10.1 Å². The van der Waals surface area contributed by atoms with Crippen molar-refractivity contribution in [1.82, 2.24) is 0 Å². The highest BCUT2D eigenvalue weighted by Crippen LogP contribution is 2.39. The van der Waals surface area contributed by atoms with Crippen molar-refractivity contribution in [2.75, 3.05) is 47.4 Å². The van der Waals surface area contributed by atoms with Crippen molar-refractivity contribution in [2.24, 2.45) is 0 Å². The number of anilines is 1. The number of hydrogen-bond acceptors (Lipinski definition) is 8. The highest BCUT2D eigenvalue weighted by molar-refractivity contribution is 7.92. The molecule has 0 amide bonds. The number of benzene rings is 3. The molecule has 3 aromatic rings. The molecule has 198 valence electrons. The third kappa shape index (κ3) is 6.00. The zero-order valence-corrected chi connectivity index (χ0v) is 22.1. The van der Waals surface area contributed by atoms with Crippen molar-refractivity contribution in [2.45, 2.75) is 4.90 Å². The van der Waals surface area contributed by atoms with E-state index in [0.29, 0.717) is 34.1 Å². The van der Waals surface area contributed by atoms with Crippen molar-refractivity contribution < 1.29 is 41.2 Å². The Balaban J connectivity index is 2.00. The van der Waals surface area contributed by atoms with Gasteiger partial charge in [-0.1, -0.05) is 12.2 Å². The van der Waals surface area contributed by atoms with Gasteiger partial charge in [0.1, 0.15) is 0 Å². The first kappa shape index (κ1) is 27.5. The number of rotatable bonds is 11. The SMILES string of the molecule is COc1ccc(S(=O)(=O)Nc2cc(C=Cc3cc(OC)c(OC)c(OC)c3)cc(F)c2OC)cc1OC. The van der Waals surface area contributed by atoms with Crippen LogP contribution in [0.2, 0.25) is 0 Å². The molecule has 1 N–H and O–H groups in total. The molecule has 0 fully saturated rings. The predicted molar refractivity (Wildman–Crippen MR) is 138 cm³/mol. The van der Waals surface area contributed by atoms with Gasteiger partial charge in [-0.05, 0) is 47.5 Å². The highest BCUT2D eigenvalue weighted by Gasteiger charge is 2.21. The Hall–Kier alpha value is -4.12. The summed E-state index contributed by atoms with van der Waals surface area (Å²) >= 11 is 0. The van der Waals surface area contributed by atoms with Gasteiger partial charge in [-0.2, -0.15) is 0 Å². The topological polar surface area (TPSA) is 102 Å². The van der Waals surface area contributed by atoms with Crippen molar-refractivity contribution in [3.8, 4) is 34.5 Å². The lowest BCUT2D eigenvalue weighted by molar-refractivity contribution is 0.324. The van der Waals surface area contributed by atoms with Gasteiger partial charge in [0, 0.05) is 6.07 Å². The molecular formula is C26H28FNO8S. The lowest BCUT2D eigenvalue weighted by Crippen LogP contribution is -2.14. The molecule has 11 heteroatoms. The van der Waals surface area contributed by atoms with Crippen molar-refractivity contribution in [3.63, 3.8) is 0 Å². The molecule has 0 heterocycles. The van der Waals surface area contributed by atoms with Crippen LogP contribution in [0.3, 0.4) is 0 Å². The number of hydrogen-bond donors (Lipinski definition) is 1. The van der Waals surface area contributed by atoms with Gasteiger partial charge in [-0.25, -0.2) is 12.8 Å².